The van der Waals surface area contributed by atoms with Crippen molar-refractivity contribution in [1.29, 1.82) is 0 Å². The Hall–Kier alpha value is -0.650. The van der Waals surface area contributed by atoms with E-state index in [0.29, 0.717) is 0 Å². The molecule has 2 saturated heterocycles. The summed E-state index contributed by atoms with van der Waals surface area (Å²) in [4.78, 5) is 4.67. The monoisotopic (exact) mass is 296 g/mol. The first-order chi connectivity index (χ1) is 9.72. The van der Waals surface area contributed by atoms with Crippen LogP contribution in [0.15, 0.2) is 24.3 Å². The van der Waals surface area contributed by atoms with E-state index in [1.807, 2.05) is 12.1 Å². The van der Waals surface area contributed by atoms with Crippen molar-refractivity contribution in [3.05, 3.63) is 34.9 Å². The van der Waals surface area contributed by atoms with Gasteiger partial charge in [0.1, 0.15) is 0 Å². The third-order valence-corrected chi connectivity index (χ3v) is 4.42. The number of aliphatic hydroxyl groups is 1. The molecule has 2 heterocycles. The number of rotatable bonds is 3. The largest absolute Gasteiger partial charge is 0.390 e. The van der Waals surface area contributed by atoms with E-state index < -0.39 is 0 Å². The third-order valence-electron chi connectivity index (χ3n) is 4.17. The average molecular weight is 297 g/mol. The zero-order valence-electron chi connectivity index (χ0n) is 11.5. The molecule has 0 aliphatic carbocycles. The highest BCUT2D eigenvalue weighted by Crippen LogP contribution is 2.20. The van der Waals surface area contributed by atoms with E-state index in [9.17, 15) is 5.11 Å². The van der Waals surface area contributed by atoms with E-state index in [4.69, 9.17) is 16.3 Å². The standard InChI is InChI=1S/C15H21ClN2O2/c16-13-3-1-12(2-4-13)9-17-10-14(15(19)11-17)18-5-7-20-8-6-18/h1-4,14-15,19H,5-11H2/t14-,15-/m1/s1. The van der Waals surface area contributed by atoms with Crippen molar-refractivity contribution >= 4 is 11.6 Å². The van der Waals surface area contributed by atoms with Gasteiger partial charge < -0.3 is 9.84 Å². The van der Waals surface area contributed by atoms with Gasteiger partial charge in [-0.3, -0.25) is 9.80 Å². The summed E-state index contributed by atoms with van der Waals surface area (Å²) in [5.41, 5.74) is 1.24. The molecule has 0 saturated carbocycles. The van der Waals surface area contributed by atoms with Gasteiger partial charge in [-0.05, 0) is 17.7 Å². The minimum absolute atomic E-state index is 0.242. The number of halogens is 1. The van der Waals surface area contributed by atoms with Crippen molar-refractivity contribution in [3.8, 4) is 0 Å². The molecule has 2 atom stereocenters. The van der Waals surface area contributed by atoms with Crippen molar-refractivity contribution < 1.29 is 9.84 Å². The molecule has 0 amide bonds. The lowest BCUT2D eigenvalue weighted by atomic mass is 10.1. The van der Waals surface area contributed by atoms with Crippen molar-refractivity contribution in [2.45, 2.75) is 18.7 Å². The number of hydrogen-bond donors (Lipinski definition) is 1. The molecule has 20 heavy (non-hydrogen) atoms. The van der Waals surface area contributed by atoms with Crippen LogP contribution in [-0.4, -0.2) is 66.4 Å². The zero-order chi connectivity index (χ0) is 13.9. The van der Waals surface area contributed by atoms with Gasteiger partial charge in [0.05, 0.1) is 19.3 Å². The molecule has 3 rings (SSSR count). The summed E-state index contributed by atoms with van der Waals surface area (Å²) in [5, 5.41) is 11.1. The average Bonchev–Trinajstić information content (AvgIpc) is 2.83. The fourth-order valence-electron chi connectivity index (χ4n) is 3.09. The number of hydrogen-bond acceptors (Lipinski definition) is 4. The quantitative estimate of drug-likeness (QED) is 0.910. The summed E-state index contributed by atoms with van der Waals surface area (Å²) in [6.45, 7) is 5.94. The predicted molar refractivity (Wildman–Crippen MR) is 78.9 cm³/mol. The van der Waals surface area contributed by atoms with E-state index in [1.54, 1.807) is 0 Å². The molecule has 0 bridgehead atoms. The fourth-order valence-corrected chi connectivity index (χ4v) is 3.22. The molecule has 1 aromatic carbocycles. The van der Waals surface area contributed by atoms with Crippen molar-refractivity contribution in [3.63, 3.8) is 0 Å². The van der Waals surface area contributed by atoms with Crippen LogP contribution in [0.25, 0.3) is 0 Å². The molecule has 0 unspecified atom stereocenters. The Morgan fingerprint density at radius 3 is 2.55 bits per heavy atom. The summed E-state index contributed by atoms with van der Waals surface area (Å²) >= 11 is 5.90. The van der Waals surface area contributed by atoms with E-state index in [1.165, 1.54) is 5.56 Å². The molecule has 0 aromatic heterocycles. The van der Waals surface area contributed by atoms with Crippen molar-refractivity contribution in [1.82, 2.24) is 9.80 Å². The first-order valence-electron chi connectivity index (χ1n) is 7.19. The molecule has 110 valence electrons. The van der Waals surface area contributed by atoms with Gasteiger partial charge in [0.2, 0.25) is 0 Å². The van der Waals surface area contributed by atoms with Gasteiger partial charge in [0, 0.05) is 43.8 Å². The van der Waals surface area contributed by atoms with Crippen LogP contribution >= 0.6 is 11.6 Å². The number of ether oxygens (including phenoxy) is 1. The SMILES string of the molecule is O[C@@H]1CN(Cc2ccc(Cl)cc2)C[C@H]1N1CCOCC1. The van der Waals surface area contributed by atoms with Crippen LogP contribution in [-0.2, 0) is 11.3 Å². The van der Waals surface area contributed by atoms with E-state index in [0.717, 1.165) is 51.0 Å². The van der Waals surface area contributed by atoms with Gasteiger partial charge in [0.15, 0.2) is 0 Å². The molecule has 0 spiro atoms. The molecule has 1 N–H and O–H groups in total. The van der Waals surface area contributed by atoms with Gasteiger partial charge in [-0.25, -0.2) is 0 Å². The Bertz CT molecular complexity index is 434. The summed E-state index contributed by atoms with van der Waals surface area (Å²) < 4.78 is 5.38. The van der Waals surface area contributed by atoms with Crippen LogP contribution in [0, 0.1) is 0 Å². The molecular formula is C15H21ClN2O2. The van der Waals surface area contributed by atoms with Crippen LogP contribution in [0.1, 0.15) is 5.56 Å². The van der Waals surface area contributed by atoms with Crippen molar-refractivity contribution in [2.75, 3.05) is 39.4 Å². The molecule has 2 fully saturated rings. The van der Waals surface area contributed by atoms with Gasteiger partial charge in [0.25, 0.3) is 0 Å². The summed E-state index contributed by atoms with van der Waals surface area (Å²) in [6, 6.07) is 8.19. The highest BCUT2D eigenvalue weighted by Gasteiger charge is 2.35. The Labute approximate surface area is 124 Å². The van der Waals surface area contributed by atoms with Crippen LogP contribution in [0.2, 0.25) is 5.02 Å². The lowest BCUT2D eigenvalue weighted by Gasteiger charge is -2.33. The van der Waals surface area contributed by atoms with Crippen molar-refractivity contribution in [2.24, 2.45) is 0 Å². The lowest BCUT2D eigenvalue weighted by Crippen LogP contribution is -2.48. The number of nitrogens with zero attached hydrogens (tertiary/aromatic N) is 2. The zero-order valence-corrected chi connectivity index (χ0v) is 12.3. The van der Waals surface area contributed by atoms with E-state index in [-0.39, 0.29) is 12.1 Å². The highest BCUT2D eigenvalue weighted by atomic mass is 35.5. The summed E-state index contributed by atoms with van der Waals surface area (Å²) in [5.74, 6) is 0. The van der Waals surface area contributed by atoms with Gasteiger partial charge in [-0.2, -0.15) is 0 Å². The smallest absolute Gasteiger partial charge is 0.0834 e. The van der Waals surface area contributed by atoms with Crippen LogP contribution in [0.4, 0.5) is 0 Å². The lowest BCUT2D eigenvalue weighted by molar-refractivity contribution is -0.00618. The second-order valence-electron chi connectivity index (χ2n) is 5.60. The Morgan fingerprint density at radius 1 is 1.15 bits per heavy atom. The molecular weight excluding hydrogens is 276 g/mol. The maximum Gasteiger partial charge on any atom is 0.0834 e. The Balaban J connectivity index is 1.58. The maximum absolute atomic E-state index is 10.3. The normalized spacial score (nSPS) is 28.9. The molecule has 2 aliphatic rings. The van der Waals surface area contributed by atoms with Gasteiger partial charge >= 0.3 is 0 Å². The molecule has 2 aliphatic heterocycles. The number of morpholine rings is 1. The number of β-amino-alcohol motifs (C(OH)–C–C–N with tert-alkyl or cyclic N) is 1. The number of benzene rings is 1. The first kappa shape index (κ1) is 14.3. The Morgan fingerprint density at radius 2 is 1.85 bits per heavy atom. The molecule has 0 radical (unpaired) electrons. The topological polar surface area (TPSA) is 35.9 Å². The fraction of sp³-hybridized carbons (Fsp3) is 0.600. The summed E-state index contributed by atoms with van der Waals surface area (Å²) in [6.07, 6.45) is -0.264. The van der Waals surface area contributed by atoms with Gasteiger partial charge in [-0.1, -0.05) is 23.7 Å². The Kier molecular flexibility index (Phi) is 4.58. The predicted octanol–water partition coefficient (Wildman–Crippen LogP) is 1.22. The van der Waals surface area contributed by atoms with Crippen LogP contribution in [0.3, 0.4) is 0 Å². The van der Waals surface area contributed by atoms with Crippen LogP contribution in [0.5, 0.6) is 0 Å². The van der Waals surface area contributed by atoms with E-state index >= 15 is 0 Å². The minimum atomic E-state index is -0.264. The molecule has 4 nitrogen and oxygen atoms in total. The highest BCUT2D eigenvalue weighted by molar-refractivity contribution is 6.30. The minimum Gasteiger partial charge on any atom is -0.390 e. The third kappa shape index (κ3) is 3.32. The number of aliphatic hydroxyl groups excluding tert-OH is 1. The second-order valence-corrected chi connectivity index (χ2v) is 6.04. The first-order valence-corrected chi connectivity index (χ1v) is 7.57. The van der Waals surface area contributed by atoms with E-state index in [2.05, 4.69) is 21.9 Å². The second kappa shape index (κ2) is 6.41. The molecule has 5 heteroatoms. The maximum atomic E-state index is 10.3. The number of likely N-dealkylation sites (tertiary alicyclic amines) is 1. The van der Waals surface area contributed by atoms with Gasteiger partial charge in [-0.15, -0.1) is 0 Å². The van der Waals surface area contributed by atoms with Crippen LogP contribution < -0.4 is 0 Å². The summed E-state index contributed by atoms with van der Waals surface area (Å²) in [7, 11) is 0. The molecule has 1 aromatic rings.